The van der Waals surface area contributed by atoms with Crippen LogP contribution in [-0.2, 0) is 6.54 Å². The van der Waals surface area contributed by atoms with Crippen LogP contribution in [0, 0.1) is 12.1 Å². The van der Waals surface area contributed by atoms with E-state index >= 15 is 0 Å². The van der Waals surface area contributed by atoms with Gasteiger partial charge in [0.1, 0.15) is 6.34 Å². The van der Waals surface area contributed by atoms with Crippen LogP contribution >= 0.6 is 22.9 Å². The lowest BCUT2D eigenvalue weighted by molar-refractivity contribution is 0.724. The summed E-state index contributed by atoms with van der Waals surface area (Å²) in [4.78, 5) is 4.22. The molecule has 0 unspecified atom stereocenters. The van der Waals surface area contributed by atoms with E-state index in [9.17, 15) is 0 Å². The van der Waals surface area contributed by atoms with Gasteiger partial charge < -0.3 is 3.11 Å². The molecule has 0 fully saturated rings. The molecule has 0 N–H and O–H groups in total. The Kier molecular flexibility index (Phi) is 1.70. The third-order valence-electron chi connectivity index (χ3n) is 1.49. The molecular formula is C8H5IN2. The van der Waals surface area contributed by atoms with Crippen LogP contribution in [0.15, 0.2) is 17.1 Å². The highest BCUT2D eigenvalue weighted by Gasteiger charge is 2.07. The third kappa shape index (κ3) is 1.31. The van der Waals surface area contributed by atoms with Gasteiger partial charge in [-0.1, -0.05) is 12.1 Å². The Balaban J connectivity index is 2.46. The van der Waals surface area contributed by atoms with Gasteiger partial charge >= 0.3 is 0 Å². The second kappa shape index (κ2) is 2.70. The van der Waals surface area contributed by atoms with Crippen molar-refractivity contribution < 1.29 is 0 Å². The summed E-state index contributed by atoms with van der Waals surface area (Å²) in [5.41, 5.74) is 2.13. The molecule has 54 valence electrons. The van der Waals surface area contributed by atoms with Crippen LogP contribution in [0.25, 0.3) is 0 Å². The van der Waals surface area contributed by atoms with Gasteiger partial charge in [-0.05, 0) is 12.1 Å². The lowest BCUT2D eigenvalue weighted by atomic mass is 10.2. The smallest absolute Gasteiger partial charge is 0.100 e. The molecule has 1 aliphatic rings. The predicted octanol–water partition coefficient (Wildman–Crippen LogP) is 2.11. The minimum atomic E-state index is 0.872. The summed E-state index contributed by atoms with van der Waals surface area (Å²) in [6.45, 7) is 0.872. The molecule has 1 aliphatic heterocycles. The van der Waals surface area contributed by atoms with Crippen LogP contribution in [0.4, 0.5) is 5.69 Å². The van der Waals surface area contributed by atoms with Gasteiger partial charge in [0.15, 0.2) is 0 Å². The zero-order valence-electron chi connectivity index (χ0n) is 5.71. The molecule has 0 radical (unpaired) electrons. The summed E-state index contributed by atoms with van der Waals surface area (Å²) < 4.78 is 1.99. The first-order chi connectivity index (χ1) is 5.36. The fraction of sp³-hybridized carbons (Fsp3) is 0.125. The van der Waals surface area contributed by atoms with Gasteiger partial charge in [0.05, 0.1) is 35.1 Å². The van der Waals surface area contributed by atoms with Crippen molar-refractivity contribution in [1.29, 1.82) is 0 Å². The monoisotopic (exact) mass is 256 g/mol. The second-order valence-electron chi connectivity index (χ2n) is 2.27. The molecule has 0 aromatic heterocycles. The topological polar surface area (TPSA) is 15.6 Å². The molecule has 2 nitrogen and oxygen atoms in total. The van der Waals surface area contributed by atoms with E-state index in [1.165, 1.54) is 0 Å². The molecule has 0 saturated carbocycles. The molecule has 2 rings (SSSR count). The average molecular weight is 256 g/mol. The summed E-state index contributed by atoms with van der Waals surface area (Å²) >= 11 is 2.20. The van der Waals surface area contributed by atoms with Crippen molar-refractivity contribution in [1.82, 2.24) is 3.11 Å². The van der Waals surface area contributed by atoms with Crippen molar-refractivity contribution in [2.75, 3.05) is 0 Å². The van der Waals surface area contributed by atoms with Gasteiger partial charge in [-0.15, -0.1) is 0 Å². The van der Waals surface area contributed by atoms with Crippen molar-refractivity contribution >= 4 is 34.9 Å². The van der Waals surface area contributed by atoms with Crippen molar-refractivity contribution in [2.24, 2.45) is 4.99 Å². The molecular weight excluding hydrogens is 251 g/mol. The van der Waals surface area contributed by atoms with Crippen molar-refractivity contribution in [3.63, 3.8) is 0 Å². The van der Waals surface area contributed by atoms with E-state index in [0.717, 1.165) is 17.8 Å². The number of rotatable bonds is 0. The summed E-state index contributed by atoms with van der Waals surface area (Å²) in [5, 5.41) is 0. The van der Waals surface area contributed by atoms with E-state index in [1.54, 1.807) is 0 Å². The molecule has 1 heterocycles. The van der Waals surface area contributed by atoms with E-state index in [4.69, 9.17) is 0 Å². The van der Waals surface area contributed by atoms with E-state index in [-0.39, 0.29) is 0 Å². The van der Waals surface area contributed by atoms with Crippen LogP contribution in [0.2, 0.25) is 0 Å². The molecule has 11 heavy (non-hydrogen) atoms. The Labute approximate surface area is 79.4 Å². The average Bonchev–Trinajstić information content (AvgIpc) is 2.04. The molecule has 0 bridgehead atoms. The number of hydrogen-bond donors (Lipinski definition) is 0. The van der Waals surface area contributed by atoms with E-state index in [2.05, 4.69) is 40.0 Å². The molecule has 0 amide bonds. The first-order valence-electron chi connectivity index (χ1n) is 3.24. The number of fused-ring (bicyclic) bond motifs is 1. The Morgan fingerprint density at radius 3 is 3.45 bits per heavy atom. The molecule has 0 saturated heterocycles. The summed E-state index contributed by atoms with van der Waals surface area (Å²) in [6.07, 6.45) is 1.82. The van der Waals surface area contributed by atoms with Crippen LogP contribution < -0.4 is 0 Å². The number of hydrogen-bond acceptors (Lipinski definition) is 2. The summed E-state index contributed by atoms with van der Waals surface area (Å²) in [5.74, 6) is 0. The van der Waals surface area contributed by atoms with Gasteiger partial charge in [0.2, 0.25) is 0 Å². The number of nitrogens with zero attached hydrogens (tertiary/aromatic N) is 2. The highest BCUT2D eigenvalue weighted by Crippen LogP contribution is 2.22. The maximum atomic E-state index is 4.22. The second-order valence-corrected chi connectivity index (χ2v) is 3.51. The largest absolute Gasteiger partial charge is 0.300 e. The Bertz CT molecular complexity index is 296. The standard InChI is InChI=1S/C8H5IN2/c9-11-5-7-3-1-2-4-8(7)10-6-11/h2,4,6H,5H2. The lowest BCUT2D eigenvalue weighted by Crippen LogP contribution is -2.11. The molecule has 1 aromatic rings. The van der Waals surface area contributed by atoms with Crippen LogP contribution in [0.1, 0.15) is 5.56 Å². The Morgan fingerprint density at radius 2 is 2.55 bits per heavy atom. The minimum absolute atomic E-state index is 0.872. The maximum absolute atomic E-state index is 4.22. The van der Waals surface area contributed by atoms with E-state index < -0.39 is 0 Å². The Hall–Kier alpha value is -0.760. The summed E-state index contributed by atoms with van der Waals surface area (Å²) in [7, 11) is 0. The zero-order chi connectivity index (χ0) is 7.68. The normalized spacial score (nSPS) is 14.1. The third-order valence-corrected chi connectivity index (χ3v) is 2.08. The van der Waals surface area contributed by atoms with Gasteiger partial charge in [-0.3, -0.25) is 0 Å². The van der Waals surface area contributed by atoms with Gasteiger partial charge in [0, 0.05) is 5.56 Å². The number of aliphatic imine (C=N–C) groups is 1. The highest BCUT2D eigenvalue weighted by atomic mass is 127. The van der Waals surface area contributed by atoms with E-state index in [0.29, 0.717) is 0 Å². The fourth-order valence-electron chi connectivity index (χ4n) is 0.972. The minimum Gasteiger partial charge on any atom is -0.300 e. The summed E-state index contributed by atoms with van der Waals surface area (Å²) in [6, 6.07) is 9.73. The van der Waals surface area contributed by atoms with Crippen molar-refractivity contribution in [3.05, 3.63) is 29.8 Å². The van der Waals surface area contributed by atoms with Crippen molar-refractivity contribution in [3.8, 4) is 0 Å². The molecule has 3 heteroatoms. The van der Waals surface area contributed by atoms with Crippen LogP contribution in [0.3, 0.4) is 0 Å². The lowest BCUT2D eigenvalue weighted by Gasteiger charge is -2.14. The van der Waals surface area contributed by atoms with Crippen LogP contribution in [0.5, 0.6) is 0 Å². The fourth-order valence-corrected chi connectivity index (χ4v) is 1.44. The van der Waals surface area contributed by atoms with Gasteiger partial charge in [-0.2, -0.15) is 0 Å². The quantitative estimate of drug-likeness (QED) is 0.512. The predicted molar refractivity (Wildman–Crippen MR) is 51.8 cm³/mol. The van der Waals surface area contributed by atoms with Crippen molar-refractivity contribution in [2.45, 2.75) is 6.54 Å². The van der Waals surface area contributed by atoms with Gasteiger partial charge in [0.25, 0.3) is 0 Å². The molecule has 0 spiro atoms. The Morgan fingerprint density at radius 1 is 1.64 bits per heavy atom. The zero-order valence-corrected chi connectivity index (χ0v) is 7.87. The highest BCUT2D eigenvalue weighted by molar-refractivity contribution is 14.1. The van der Waals surface area contributed by atoms with E-state index in [1.807, 2.05) is 21.6 Å². The first kappa shape index (κ1) is 6.92. The van der Waals surface area contributed by atoms with Gasteiger partial charge in [-0.25, -0.2) is 4.99 Å². The first-order valence-corrected chi connectivity index (χ1v) is 4.20. The maximum Gasteiger partial charge on any atom is 0.100 e. The SMILES string of the molecule is IN1C=Nc2ccc#cc2C1. The molecule has 0 atom stereocenters. The number of halogens is 1. The molecule has 0 aliphatic carbocycles. The van der Waals surface area contributed by atoms with Crippen LogP contribution in [-0.4, -0.2) is 9.45 Å². The molecule has 1 aromatic carbocycles.